The second-order valence-electron chi connectivity index (χ2n) is 6.33. The average Bonchev–Trinajstić information content (AvgIpc) is 2.66. The second kappa shape index (κ2) is 7.78. The van der Waals surface area contributed by atoms with Crippen LogP contribution in [0.2, 0.25) is 0 Å². The summed E-state index contributed by atoms with van der Waals surface area (Å²) < 4.78 is 1.43. The second-order valence-corrected chi connectivity index (χ2v) is 6.33. The number of pyridine rings is 2. The van der Waals surface area contributed by atoms with E-state index in [4.69, 9.17) is 0 Å². The summed E-state index contributed by atoms with van der Waals surface area (Å²) in [7, 11) is 1.65. The van der Waals surface area contributed by atoms with E-state index in [0.29, 0.717) is 12.0 Å². The predicted molar refractivity (Wildman–Crippen MR) is 101 cm³/mol. The van der Waals surface area contributed by atoms with Gasteiger partial charge in [0.2, 0.25) is 0 Å². The summed E-state index contributed by atoms with van der Waals surface area (Å²) in [5, 5.41) is 3.01. The number of rotatable bonds is 5. The van der Waals surface area contributed by atoms with Gasteiger partial charge in [0.05, 0.1) is 11.7 Å². The van der Waals surface area contributed by atoms with E-state index < -0.39 is 0 Å². The number of nitrogens with zero attached hydrogens (tertiary/aromatic N) is 2. The molecule has 1 unspecified atom stereocenters. The molecule has 0 aliphatic carbocycles. The largest absolute Gasteiger partial charge is 0.343 e. The van der Waals surface area contributed by atoms with Gasteiger partial charge in [0.15, 0.2) is 0 Å². The lowest BCUT2D eigenvalue weighted by Gasteiger charge is -2.19. The van der Waals surface area contributed by atoms with Gasteiger partial charge in [-0.25, -0.2) is 0 Å². The molecule has 26 heavy (non-hydrogen) atoms. The Hall–Kier alpha value is -3.21. The molecule has 1 aromatic carbocycles. The lowest BCUT2D eigenvalue weighted by Crippen LogP contribution is -2.31. The standard InChI is InChI=1S/C21H21N3O2/c1-15-6-8-16(9-7-15)13-19(18-5-3-4-11-22-18)23-21(26)17-10-12-24(2)20(25)14-17/h3-12,14,19H,13H2,1-2H3,(H,23,26). The molecule has 0 saturated heterocycles. The molecule has 0 aliphatic heterocycles. The number of carbonyl (C=O) groups is 1. The van der Waals surface area contributed by atoms with E-state index in [1.807, 2.05) is 37.3 Å². The Morgan fingerprint density at radius 2 is 1.92 bits per heavy atom. The Morgan fingerprint density at radius 3 is 2.58 bits per heavy atom. The van der Waals surface area contributed by atoms with Gasteiger partial charge in [0.25, 0.3) is 11.5 Å². The van der Waals surface area contributed by atoms with Crippen molar-refractivity contribution in [2.45, 2.75) is 19.4 Å². The molecule has 2 heterocycles. The average molecular weight is 347 g/mol. The lowest BCUT2D eigenvalue weighted by atomic mass is 10.0. The van der Waals surface area contributed by atoms with Crippen molar-refractivity contribution in [3.8, 4) is 0 Å². The predicted octanol–water partition coefficient (Wildman–Crippen LogP) is 2.80. The van der Waals surface area contributed by atoms with Crippen LogP contribution in [0.25, 0.3) is 0 Å². The molecule has 0 fully saturated rings. The third-order valence-corrected chi connectivity index (χ3v) is 4.28. The van der Waals surface area contributed by atoms with Crippen LogP contribution >= 0.6 is 0 Å². The minimum atomic E-state index is -0.287. The summed E-state index contributed by atoms with van der Waals surface area (Å²) in [5.74, 6) is -0.287. The van der Waals surface area contributed by atoms with Crippen molar-refractivity contribution in [2.24, 2.45) is 7.05 Å². The summed E-state index contributed by atoms with van der Waals surface area (Å²) in [5.41, 5.74) is 3.21. The van der Waals surface area contributed by atoms with Gasteiger partial charge in [-0.1, -0.05) is 35.9 Å². The molecule has 0 radical (unpaired) electrons. The summed E-state index contributed by atoms with van der Waals surface area (Å²) in [6, 6.07) is 16.5. The smallest absolute Gasteiger partial charge is 0.252 e. The topological polar surface area (TPSA) is 64.0 Å². The van der Waals surface area contributed by atoms with E-state index in [-0.39, 0.29) is 17.5 Å². The molecule has 1 atom stereocenters. The highest BCUT2D eigenvalue weighted by Gasteiger charge is 2.18. The molecular weight excluding hydrogens is 326 g/mol. The number of hydrogen-bond acceptors (Lipinski definition) is 3. The van der Waals surface area contributed by atoms with E-state index in [9.17, 15) is 9.59 Å². The maximum absolute atomic E-state index is 12.6. The van der Waals surface area contributed by atoms with Crippen molar-refractivity contribution in [2.75, 3.05) is 0 Å². The van der Waals surface area contributed by atoms with Crippen molar-refractivity contribution in [1.29, 1.82) is 0 Å². The van der Waals surface area contributed by atoms with Crippen molar-refractivity contribution < 1.29 is 4.79 Å². The molecule has 132 valence electrons. The highest BCUT2D eigenvalue weighted by molar-refractivity contribution is 5.94. The first-order valence-corrected chi connectivity index (χ1v) is 8.47. The van der Waals surface area contributed by atoms with Crippen molar-refractivity contribution in [1.82, 2.24) is 14.9 Å². The summed E-state index contributed by atoms with van der Waals surface area (Å²) in [4.78, 5) is 28.8. The quantitative estimate of drug-likeness (QED) is 0.772. The number of nitrogens with one attached hydrogen (secondary N) is 1. The van der Waals surface area contributed by atoms with Gasteiger partial charge in [-0.2, -0.15) is 0 Å². The Morgan fingerprint density at radius 1 is 1.15 bits per heavy atom. The molecule has 0 aliphatic rings. The minimum absolute atomic E-state index is 0.217. The third kappa shape index (κ3) is 4.25. The zero-order valence-electron chi connectivity index (χ0n) is 14.8. The number of aromatic nitrogens is 2. The zero-order chi connectivity index (χ0) is 18.5. The first kappa shape index (κ1) is 17.6. The molecule has 1 amide bonds. The molecule has 5 nitrogen and oxygen atoms in total. The zero-order valence-corrected chi connectivity index (χ0v) is 14.8. The van der Waals surface area contributed by atoms with Crippen LogP contribution in [0.15, 0.2) is 71.8 Å². The van der Waals surface area contributed by atoms with Crippen LogP contribution in [-0.2, 0) is 13.5 Å². The van der Waals surface area contributed by atoms with E-state index in [1.54, 1.807) is 25.5 Å². The van der Waals surface area contributed by atoms with Crippen molar-refractivity contribution in [3.05, 3.63) is 99.7 Å². The maximum atomic E-state index is 12.6. The van der Waals surface area contributed by atoms with Crippen LogP contribution in [0.3, 0.4) is 0 Å². The molecule has 0 saturated carbocycles. The summed E-state index contributed by atoms with van der Waals surface area (Å²) in [6.07, 6.45) is 3.92. The first-order valence-electron chi connectivity index (χ1n) is 8.47. The molecule has 5 heteroatoms. The van der Waals surface area contributed by atoms with Crippen molar-refractivity contribution >= 4 is 5.91 Å². The fourth-order valence-corrected chi connectivity index (χ4v) is 2.70. The Kier molecular flexibility index (Phi) is 5.27. The summed E-state index contributed by atoms with van der Waals surface area (Å²) in [6.45, 7) is 2.04. The van der Waals surface area contributed by atoms with Gasteiger partial charge < -0.3 is 9.88 Å². The molecule has 1 N–H and O–H groups in total. The molecule has 3 aromatic rings. The van der Waals surface area contributed by atoms with Gasteiger partial charge in [0.1, 0.15) is 0 Å². The van der Waals surface area contributed by atoms with Gasteiger partial charge in [-0.3, -0.25) is 14.6 Å². The fourth-order valence-electron chi connectivity index (χ4n) is 2.70. The number of carbonyl (C=O) groups excluding carboxylic acids is 1. The SMILES string of the molecule is Cc1ccc(CC(NC(=O)c2ccn(C)c(=O)c2)c2ccccn2)cc1. The first-order chi connectivity index (χ1) is 12.5. The van der Waals surface area contributed by atoms with Crippen LogP contribution in [0.5, 0.6) is 0 Å². The number of amides is 1. The van der Waals surface area contributed by atoms with E-state index in [2.05, 4.69) is 22.4 Å². The normalized spacial score (nSPS) is 11.8. The molecule has 0 bridgehead atoms. The molecule has 0 spiro atoms. The van der Waals surface area contributed by atoms with Crippen LogP contribution in [0.1, 0.15) is 33.2 Å². The highest BCUT2D eigenvalue weighted by Crippen LogP contribution is 2.17. The number of hydrogen-bond donors (Lipinski definition) is 1. The van der Waals surface area contributed by atoms with Gasteiger partial charge in [0, 0.05) is 31.1 Å². The van der Waals surface area contributed by atoms with Gasteiger partial charge in [-0.05, 0) is 37.1 Å². The lowest BCUT2D eigenvalue weighted by molar-refractivity contribution is 0.0935. The maximum Gasteiger partial charge on any atom is 0.252 e. The Balaban J connectivity index is 1.85. The van der Waals surface area contributed by atoms with Crippen LogP contribution in [0.4, 0.5) is 0 Å². The minimum Gasteiger partial charge on any atom is -0.343 e. The fraction of sp³-hybridized carbons (Fsp3) is 0.190. The Bertz CT molecular complexity index is 947. The Labute approximate surface area is 152 Å². The monoisotopic (exact) mass is 347 g/mol. The molecular formula is C21H21N3O2. The highest BCUT2D eigenvalue weighted by atomic mass is 16.2. The van der Waals surface area contributed by atoms with Crippen LogP contribution < -0.4 is 10.9 Å². The summed E-state index contributed by atoms with van der Waals surface area (Å²) >= 11 is 0. The van der Waals surface area contributed by atoms with E-state index >= 15 is 0 Å². The molecule has 2 aromatic heterocycles. The van der Waals surface area contributed by atoms with Gasteiger partial charge >= 0.3 is 0 Å². The van der Waals surface area contributed by atoms with Gasteiger partial charge in [-0.15, -0.1) is 0 Å². The van der Waals surface area contributed by atoms with Crippen molar-refractivity contribution in [3.63, 3.8) is 0 Å². The number of aryl methyl sites for hydroxylation is 2. The molecule has 3 rings (SSSR count). The van der Waals surface area contributed by atoms with Crippen LogP contribution in [-0.4, -0.2) is 15.5 Å². The third-order valence-electron chi connectivity index (χ3n) is 4.28. The van der Waals surface area contributed by atoms with Crippen LogP contribution in [0, 0.1) is 6.92 Å². The van der Waals surface area contributed by atoms with E-state index in [1.165, 1.54) is 16.2 Å². The van der Waals surface area contributed by atoms with E-state index in [0.717, 1.165) is 11.3 Å². The number of benzene rings is 1.